The van der Waals surface area contributed by atoms with Crippen LogP contribution in [0.25, 0.3) is 0 Å². The van der Waals surface area contributed by atoms with Gasteiger partial charge in [0.1, 0.15) is 5.78 Å². The van der Waals surface area contributed by atoms with Crippen LogP contribution in [-0.2, 0) is 23.9 Å². The van der Waals surface area contributed by atoms with E-state index in [1.54, 1.807) is 6.92 Å². The molecular weight excluding hydrogens is 238 g/mol. The lowest BCUT2D eigenvalue weighted by molar-refractivity contribution is -0.143. The Labute approximate surface area is 105 Å². The molecule has 1 N–H and O–H groups in total. The van der Waals surface area contributed by atoms with Crippen molar-refractivity contribution in [2.75, 3.05) is 13.2 Å². The minimum absolute atomic E-state index is 0.0479. The topological polar surface area (TPSA) is 89.5 Å². The maximum Gasteiger partial charge on any atom is 0.309 e. The standard InChI is InChI=1S/C12H17NO5/c1-2-11(16)13-7-10(15)6-9(14)5-8-3-4-18-12(8)17/h8H,2-7H2,1H3,(H,13,16). The number of hydrogen-bond acceptors (Lipinski definition) is 5. The fourth-order valence-electron chi connectivity index (χ4n) is 1.67. The van der Waals surface area contributed by atoms with E-state index in [1.165, 1.54) is 0 Å². The van der Waals surface area contributed by atoms with Crippen molar-refractivity contribution in [2.45, 2.75) is 32.6 Å². The van der Waals surface area contributed by atoms with Gasteiger partial charge in [-0.15, -0.1) is 0 Å². The second-order valence-corrected chi connectivity index (χ2v) is 4.24. The molecule has 0 radical (unpaired) electrons. The highest BCUT2D eigenvalue weighted by atomic mass is 16.5. The van der Waals surface area contributed by atoms with Crippen molar-refractivity contribution in [3.8, 4) is 0 Å². The molecular formula is C12H17NO5. The van der Waals surface area contributed by atoms with Crippen molar-refractivity contribution < 1.29 is 23.9 Å². The number of hydrogen-bond donors (Lipinski definition) is 1. The Morgan fingerprint density at radius 2 is 2.06 bits per heavy atom. The van der Waals surface area contributed by atoms with E-state index < -0.39 is 5.92 Å². The third-order valence-electron chi connectivity index (χ3n) is 2.72. The van der Waals surface area contributed by atoms with Crippen LogP contribution in [0.4, 0.5) is 0 Å². The van der Waals surface area contributed by atoms with Gasteiger partial charge in [0, 0.05) is 12.8 Å². The van der Waals surface area contributed by atoms with Crippen LogP contribution < -0.4 is 5.32 Å². The molecule has 6 heteroatoms. The Kier molecular flexibility index (Phi) is 5.48. The smallest absolute Gasteiger partial charge is 0.309 e. The molecule has 1 atom stereocenters. The molecule has 1 aliphatic rings. The first kappa shape index (κ1) is 14.3. The molecule has 1 amide bonds. The maximum atomic E-state index is 11.5. The summed E-state index contributed by atoms with van der Waals surface area (Å²) >= 11 is 0. The number of ether oxygens (including phenoxy) is 1. The van der Waals surface area contributed by atoms with Crippen molar-refractivity contribution in [1.29, 1.82) is 0 Å². The van der Waals surface area contributed by atoms with E-state index in [4.69, 9.17) is 4.74 Å². The van der Waals surface area contributed by atoms with Gasteiger partial charge < -0.3 is 10.1 Å². The number of Topliss-reactive ketones (excluding diaryl/α,β-unsaturated/α-hetero) is 2. The number of nitrogens with one attached hydrogen (secondary N) is 1. The molecule has 0 aromatic heterocycles. The first-order valence-corrected chi connectivity index (χ1v) is 5.99. The van der Waals surface area contributed by atoms with Crippen LogP contribution in [0.3, 0.4) is 0 Å². The zero-order chi connectivity index (χ0) is 13.5. The summed E-state index contributed by atoms with van der Waals surface area (Å²) in [6.07, 6.45) is 0.639. The molecule has 1 fully saturated rings. The molecule has 0 saturated carbocycles. The summed E-state index contributed by atoms with van der Waals surface area (Å²) in [6, 6.07) is 0. The van der Waals surface area contributed by atoms with Gasteiger partial charge in [0.15, 0.2) is 5.78 Å². The monoisotopic (exact) mass is 255 g/mol. The van der Waals surface area contributed by atoms with E-state index in [0.29, 0.717) is 19.4 Å². The summed E-state index contributed by atoms with van der Waals surface area (Å²) < 4.78 is 4.73. The highest BCUT2D eigenvalue weighted by Gasteiger charge is 2.29. The molecule has 18 heavy (non-hydrogen) atoms. The number of amides is 1. The number of carbonyl (C=O) groups is 4. The van der Waals surface area contributed by atoms with Crippen LogP contribution in [-0.4, -0.2) is 36.6 Å². The minimum Gasteiger partial charge on any atom is -0.465 e. The number of rotatable bonds is 7. The van der Waals surface area contributed by atoms with E-state index in [0.717, 1.165) is 0 Å². The van der Waals surface area contributed by atoms with Gasteiger partial charge in [-0.1, -0.05) is 6.92 Å². The Morgan fingerprint density at radius 1 is 1.33 bits per heavy atom. The zero-order valence-electron chi connectivity index (χ0n) is 10.4. The van der Waals surface area contributed by atoms with Crippen LogP contribution in [0.5, 0.6) is 0 Å². The van der Waals surface area contributed by atoms with Gasteiger partial charge in [-0.3, -0.25) is 19.2 Å². The molecule has 1 heterocycles. The summed E-state index contributed by atoms with van der Waals surface area (Å²) in [6.45, 7) is 1.89. The van der Waals surface area contributed by atoms with Crippen molar-refractivity contribution in [3.05, 3.63) is 0 Å². The van der Waals surface area contributed by atoms with Crippen molar-refractivity contribution >= 4 is 23.4 Å². The first-order chi connectivity index (χ1) is 8.52. The normalized spacial score (nSPS) is 18.3. The average molecular weight is 255 g/mol. The van der Waals surface area contributed by atoms with Crippen LogP contribution in [0, 0.1) is 5.92 Å². The number of carbonyl (C=O) groups excluding carboxylic acids is 4. The Bertz CT molecular complexity index is 363. The molecule has 100 valence electrons. The van der Waals surface area contributed by atoms with E-state index in [9.17, 15) is 19.2 Å². The van der Waals surface area contributed by atoms with Crippen molar-refractivity contribution in [2.24, 2.45) is 5.92 Å². The van der Waals surface area contributed by atoms with Crippen molar-refractivity contribution in [3.63, 3.8) is 0 Å². The second kappa shape index (κ2) is 6.88. The summed E-state index contributed by atoms with van der Waals surface area (Å²) in [5, 5.41) is 2.41. The molecule has 1 unspecified atom stereocenters. The number of ketones is 2. The predicted octanol–water partition coefficient (Wildman–Crippen LogP) is -0.00590. The van der Waals surface area contributed by atoms with Crippen LogP contribution >= 0.6 is 0 Å². The maximum absolute atomic E-state index is 11.5. The lowest BCUT2D eigenvalue weighted by Gasteiger charge is -2.05. The molecule has 0 spiro atoms. The molecule has 0 bridgehead atoms. The minimum atomic E-state index is -0.407. The van der Waals surface area contributed by atoms with Gasteiger partial charge in [0.05, 0.1) is 25.5 Å². The summed E-state index contributed by atoms with van der Waals surface area (Å²) in [5.41, 5.74) is 0. The highest BCUT2D eigenvalue weighted by Crippen LogP contribution is 2.18. The lowest BCUT2D eigenvalue weighted by atomic mass is 9.99. The molecule has 1 aliphatic heterocycles. The Balaban J connectivity index is 2.25. The molecule has 0 aliphatic carbocycles. The van der Waals surface area contributed by atoms with E-state index in [-0.39, 0.29) is 42.8 Å². The molecule has 1 rings (SSSR count). The van der Waals surface area contributed by atoms with Gasteiger partial charge in [-0.25, -0.2) is 0 Å². The Morgan fingerprint density at radius 3 is 2.61 bits per heavy atom. The number of esters is 1. The molecule has 0 aromatic carbocycles. The second-order valence-electron chi connectivity index (χ2n) is 4.24. The summed E-state index contributed by atoms with van der Waals surface area (Å²) in [4.78, 5) is 45.0. The Hall–Kier alpha value is -1.72. The fourth-order valence-corrected chi connectivity index (χ4v) is 1.67. The molecule has 0 aromatic rings. The van der Waals surface area contributed by atoms with Gasteiger partial charge in [-0.05, 0) is 6.42 Å². The molecule has 6 nitrogen and oxygen atoms in total. The lowest BCUT2D eigenvalue weighted by Crippen LogP contribution is -2.30. The van der Waals surface area contributed by atoms with Crippen LogP contribution in [0.15, 0.2) is 0 Å². The third kappa shape index (κ3) is 4.65. The van der Waals surface area contributed by atoms with Crippen molar-refractivity contribution in [1.82, 2.24) is 5.32 Å². The van der Waals surface area contributed by atoms with Gasteiger partial charge in [0.25, 0.3) is 0 Å². The molecule has 1 saturated heterocycles. The first-order valence-electron chi connectivity index (χ1n) is 5.99. The average Bonchev–Trinajstić information content (AvgIpc) is 2.71. The zero-order valence-corrected chi connectivity index (χ0v) is 10.4. The number of cyclic esters (lactones) is 1. The van der Waals surface area contributed by atoms with Crippen LogP contribution in [0.2, 0.25) is 0 Å². The van der Waals surface area contributed by atoms with E-state index in [1.807, 2.05) is 0 Å². The summed E-state index contributed by atoms with van der Waals surface area (Å²) in [7, 11) is 0. The van der Waals surface area contributed by atoms with Gasteiger partial charge in [-0.2, -0.15) is 0 Å². The van der Waals surface area contributed by atoms with Gasteiger partial charge in [0.2, 0.25) is 5.91 Å². The SMILES string of the molecule is CCC(=O)NCC(=O)CC(=O)CC1CCOC1=O. The van der Waals surface area contributed by atoms with E-state index >= 15 is 0 Å². The van der Waals surface area contributed by atoms with Crippen LogP contribution in [0.1, 0.15) is 32.6 Å². The largest absolute Gasteiger partial charge is 0.465 e. The predicted molar refractivity (Wildman–Crippen MR) is 61.6 cm³/mol. The third-order valence-corrected chi connectivity index (χ3v) is 2.72. The fraction of sp³-hybridized carbons (Fsp3) is 0.667. The van der Waals surface area contributed by atoms with E-state index in [2.05, 4.69) is 5.32 Å². The highest BCUT2D eigenvalue weighted by molar-refractivity contribution is 6.01. The quantitative estimate of drug-likeness (QED) is 0.510. The van der Waals surface area contributed by atoms with Gasteiger partial charge >= 0.3 is 5.97 Å². The summed E-state index contributed by atoms with van der Waals surface area (Å²) in [5.74, 6) is -1.62.